The van der Waals surface area contributed by atoms with E-state index in [0.29, 0.717) is 4.47 Å². The fourth-order valence-corrected chi connectivity index (χ4v) is 2.15. The summed E-state index contributed by atoms with van der Waals surface area (Å²) in [7, 11) is 0. The molecule has 1 rings (SSSR count). The first-order valence-corrected chi connectivity index (χ1v) is 6.58. The second kappa shape index (κ2) is 6.24. The van der Waals surface area contributed by atoms with E-state index in [1.54, 1.807) is 6.07 Å². The quantitative estimate of drug-likeness (QED) is 0.862. The van der Waals surface area contributed by atoms with Crippen LogP contribution in [-0.4, -0.2) is 28.4 Å². The van der Waals surface area contributed by atoms with Crippen LogP contribution in [0.2, 0.25) is 0 Å². The van der Waals surface area contributed by atoms with Crippen molar-refractivity contribution in [2.75, 3.05) is 6.54 Å². The Kier molecular flexibility index (Phi) is 5.22. The summed E-state index contributed by atoms with van der Waals surface area (Å²) in [6.45, 7) is 3.78. The van der Waals surface area contributed by atoms with Gasteiger partial charge in [-0.3, -0.25) is 4.79 Å². The molecule has 6 heteroatoms. The van der Waals surface area contributed by atoms with Crippen LogP contribution >= 0.6 is 28.1 Å². The average Bonchev–Trinajstić information content (AvgIpc) is 2.24. The van der Waals surface area contributed by atoms with E-state index < -0.39 is 11.7 Å². The van der Waals surface area contributed by atoms with Crippen LogP contribution in [0.1, 0.15) is 24.2 Å². The number of nitrogens with two attached hydrogens (primary N) is 1. The van der Waals surface area contributed by atoms with Crippen molar-refractivity contribution in [2.45, 2.75) is 19.9 Å². The topological polar surface area (TPSA) is 46.3 Å². The van der Waals surface area contributed by atoms with Gasteiger partial charge in [-0.15, -0.1) is 0 Å². The highest BCUT2D eigenvalue weighted by molar-refractivity contribution is 9.10. The molecule has 0 unspecified atom stereocenters. The van der Waals surface area contributed by atoms with Crippen LogP contribution in [0.3, 0.4) is 0 Å². The van der Waals surface area contributed by atoms with Gasteiger partial charge in [0.2, 0.25) is 0 Å². The van der Waals surface area contributed by atoms with Gasteiger partial charge in [-0.1, -0.05) is 18.3 Å². The summed E-state index contributed by atoms with van der Waals surface area (Å²) in [5.74, 6) is -0.995. The number of thiocarbonyl (C=S) groups is 1. The molecule has 0 aliphatic carbocycles. The zero-order chi connectivity index (χ0) is 13.9. The van der Waals surface area contributed by atoms with Gasteiger partial charge in [0.05, 0.1) is 17.1 Å². The fourth-order valence-electron chi connectivity index (χ4n) is 1.50. The van der Waals surface area contributed by atoms with E-state index in [4.69, 9.17) is 18.0 Å². The molecular weight excluding hydrogens is 319 g/mol. The SMILES string of the molecule is CC(C)N(CC(N)=S)C(=O)c1c(F)cccc1Br. The molecule has 0 aromatic heterocycles. The summed E-state index contributed by atoms with van der Waals surface area (Å²) in [5.41, 5.74) is 5.46. The van der Waals surface area contributed by atoms with Crippen LogP contribution in [0.5, 0.6) is 0 Å². The molecule has 0 aliphatic rings. The number of hydrogen-bond acceptors (Lipinski definition) is 2. The Balaban J connectivity index is 3.14. The van der Waals surface area contributed by atoms with Crippen LogP contribution in [0, 0.1) is 5.82 Å². The molecule has 0 fully saturated rings. The van der Waals surface area contributed by atoms with Gasteiger partial charge in [-0.05, 0) is 41.9 Å². The van der Waals surface area contributed by atoms with E-state index in [9.17, 15) is 9.18 Å². The zero-order valence-electron chi connectivity index (χ0n) is 10.1. The highest BCUT2D eigenvalue weighted by Crippen LogP contribution is 2.22. The minimum absolute atomic E-state index is 0.00227. The maximum Gasteiger partial charge on any atom is 0.258 e. The van der Waals surface area contributed by atoms with E-state index in [1.807, 2.05) is 13.8 Å². The predicted octanol–water partition coefficient (Wildman–Crippen LogP) is 2.72. The molecule has 1 amide bonds. The Bertz CT molecular complexity index is 459. The maximum absolute atomic E-state index is 13.7. The van der Waals surface area contributed by atoms with Crippen molar-refractivity contribution in [3.05, 3.63) is 34.1 Å². The summed E-state index contributed by atoms with van der Waals surface area (Å²) in [6.07, 6.45) is 0. The van der Waals surface area contributed by atoms with E-state index in [0.717, 1.165) is 0 Å². The molecule has 1 aromatic carbocycles. The van der Waals surface area contributed by atoms with Gasteiger partial charge in [0.15, 0.2) is 0 Å². The van der Waals surface area contributed by atoms with Crippen molar-refractivity contribution < 1.29 is 9.18 Å². The van der Waals surface area contributed by atoms with Gasteiger partial charge < -0.3 is 10.6 Å². The standard InChI is InChI=1S/C12H14BrFN2OS/c1-7(2)16(6-10(15)18)12(17)11-8(13)4-3-5-9(11)14/h3-5,7H,6H2,1-2H3,(H2,15,18). The number of carbonyl (C=O) groups is 1. The molecule has 1 aromatic rings. The molecule has 0 heterocycles. The van der Waals surface area contributed by atoms with Crippen molar-refractivity contribution in [3.63, 3.8) is 0 Å². The monoisotopic (exact) mass is 332 g/mol. The fraction of sp³-hybridized carbons (Fsp3) is 0.333. The normalized spacial score (nSPS) is 10.5. The van der Waals surface area contributed by atoms with Crippen molar-refractivity contribution in [1.82, 2.24) is 4.90 Å². The molecule has 0 saturated heterocycles. The minimum Gasteiger partial charge on any atom is -0.392 e. The van der Waals surface area contributed by atoms with Gasteiger partial charge in [0.1, 0.15) is 5.82 Å². The van der Waals surface area contributed by atoms with Crippen LogP contribution < -0.4 is 5.73 Å². The number of nitrogens with zero attached hydrogens (tertiary/aromatic N) is 1. The molecule has 2 N–H and O–H groups in total. The number of amides is 1. The number of rotatable bonds is 4. The van der Waals surface area contributed by atoms with Crippen molar-refractivity contribution in [2.24, 2.45) is 5.73 Å². The predicted molar refractivity (Wildman–Crippen MR) is 77.1 cm³/mol. The summed E-state index contributed by atoms with van der Waals surface area (Å²) in [5, 5.41) is 0. The molecule has 98 valence electrons. The largest absolute Gasteiger partial charge is 0.392 e. The summed E-state index contributed by atoms with van der Waals surface area (Å²) in [4.78, 5) is 13.9. The molecule has 0 atom stereocenters. The van der Waals surface area contributed by atoms with Gasteiger partial charge in [0.25, 0.3) is 5.91 Å². The number of carbonyl (C=O) groups excluding carboxylic acids is 1. The Morgan fingerprint density at radius 2 is 2.17 bits per heavy atom. The van der Waals surface area contributed by atoms with Gasteiger partial charge >= 0.3 is 0 Å². The molecule has 0 spiro atoms. The van der Waals surface area contributed by atoms with Crippen LogP contribution in [0.15, 0.2) is 22.7 Å². The third-order valence-corrected chi connectivity index (χ3v) is 3.18. The molecule has 0 aliphatic heterocycles. The van der Waals surface area contributed by atoms with Crippen molar-refractivity contribution in [3.8, 4) is 0 Å². The summed E-state index contributed by atoms with van der Waals surface area (Å²) < 4.78 is 14.1. The number of benzene rings is 1. The van der Waals surface area contributed by atoms with Crippen molar-refractivity contribution >= 4 is 39.0 Å². The first-order valence-electron chi connectivity index (χ1n) is 5.38. The van der Waals surface area contributed by atoms with Gasteiger partial charge in [0, 0.05) is 10.5 Å². The lowest BCUT2D eigenvalue weighted by molar-refractivity contribution is 0.0730. The first kappa shape index (κ1) is 15.0. The average molecular weight is 333 g/mol. The van der Waals surface area contributed by atoms with Crippen molar-refractivity contribution in [1.29, 1.82) is 0 Å². The third kappa shape index (κ3) is 3.49. The molecule has 0 radical (unpaired) electrons. The lowest BCUT2D eigenvalue weighted by Crippen LogP contribution is -2.42. The second-order valence-corrected chi connectivity index (χ2v) is 5.47. The Morgan fingerprint density at radius 3 is 2.61 bits per heavy atom. The first-order chi connectivity index (χ1) is 8.34. The zero-order valence-corrected chi connectivity index (χ0v) is 12.5. The lowest BCUT2D eigenvalue weighted by Gasteiger charge is -2.26. The smallest absolute Gasteiger partial charge is 0.258 e. The third-order valence-electron chi connectivity index (χ3n) is 2.39. The number of halogens is 2. The molecule has 3 nitrogen and oxygen atoms in total. The maximum atomic E-state index is 13.7. The van der Waals surface area contributed by atoms with E-state index in [1.165, 1.54) is 17.0 Å². The highest BCUT2D eigenvalue weighted by atomic mass is 79.9. The van der Waals surface area contributed by atoms with Crippen LogP contribution in [0.25, 0.3) is 0 Å². The van der Waals surface area contributed by atoms with E-state index in [-0.39, 0.29) is 23.1 Å². The number of hydrogen-bond donors (Lipinski definition) is 1. The van der Waals surface area contributed by atoms with Gasteiger partial charge in [-0.25, -0.2) is 4.39 Å². The molecule has 0 bridgehead atoms. The minimum atomic E-state index is -0.567. The lowest BCUT2D eigenvalue weighted by atomic mass is 10.1. The molecule has 0 saturated carbocycles. The Labute approximate surface area is 119 Å². The van der Waals surface area contributed by atoms with Crippen LogP contribution in [-0.2, 0) is 0 Å². The van der Waals surface area contributed by atoms with Gasteiger partial charge in [-0.2, -0.15) is 0 Å². The van der Waals surface area contributed by atoms with Crippen LogP contribution in [0.4, 0.5) is 4.39 Å². The molecule has 18 heavy (non-hydrogen) atoms. The highest BCUT2D eigenvalue weighted by Gasteiger charge is 2.24. The van der Waals surface area contributed by atoms with E-state index in [2.05, 4.69) is 15.9 Å². The van der Waals surface area contributed by atoms with E-state index >= 15 is 0 Å². The summed E-state index contributed by atoms with van der Waals surface area (Å²) in [6, 6.07) is 4.28. The second-order valence-electron chi connectivity index (χ2n) is 4.09. The summed E-state index contributed by atoms with van der Waals surface area (Å²) >= 11 is 7.98. The Hall–Kier alpha value is -1.01. The molecular formula is C12H14BrFN2OS. The Morgan fingerprint density at radius 1 is 1.56 bits per heavy atom.